The topological polar surface area (TPSA) is 62.3 Å². The monoisotopic (exact) mass is 247 g/mol. The lowest BCUT2D eigenvalue weighted by Crippen LogP contribution is -2.26. The molecule has 0 saturated heterocycles. The third kappa shape index (κ3) is 3.23. The Kier molecular flexibility index (Phi) is 3.87. The van der Waals surface area contributed by atoms with Crippen molar-refractivity contribution in [2.24, 2.45) is 5.73 Å². The van der Waals surface area contributed by atoms with E-state index in [9.17, 15) is 0 Å². The molecule has 18 heavy (non-hydrogen) atoms. The molecule has 0 spiro atoms. The summed E-state index contributed by atoms with van der Waals surface area (Å²) >= 11 is 0. The van der Waals surface area contributed by atoms with Crippen molar-refractivity contribution in [1.82, 2.24) is 4.90 Å². The SMILES string of the molecule is Cc1cc(OCCN(C)C2CC2)ccc1C(=N)N. The van der Waals surface area contributed by atoms with Crippen LogP contribution in [-0.4, -0.2) is 37.0 Å². The second-order valence-electron chi connectivity index (χ2n) is 4.95. The Morgan fingerprint density at radius 2 is 2.22 bits per heavy atom. The minimum atomic E-state index is 0.104. The molecule has 1 aromatic carbocycles. The fourth-order valence-corrected chi connectivity index (χ4v) is 2.03. The van der Waals surface area contributed by atoms with Gasteiger partial charge in [-0.2, -0.15) is 0 Å². The van der Waals surface area contributed by atoms with E-state index in [1.165, 1.54) is 12.8 Å². The molecule has 0 radical (unpaired) electrons. The Hall–Kier alpha value is -1.55. The Labute approximate surface area is 108 Å². The average molecular weight is 247 g/mol. The fourth-order valence-electron chi connectivity index (χ4n) is 2.03. The Bertz CT molecular complexity index is 441. The number of nitrogens with one attached hydrogen (secondary N) is 1. The highest BCUT2D eigenvalue weighted by atomic mass is 16.5. The quantitative estimate of drug-likeness (QED) is 0.594. The first-order valence-electron chi connectivity index (χ1n) is 6.36. The van der Waals surface area contributed by atoms with E-state index in [1.807, 2.05) is 25.1 Å². The van der Waals surface area contributed by atoms with Gasteiger partial charge >= 0.3 is 0 Å². The van der Waals surface area contributed by atoms with Crippen LogP contribution in [0.4, 0.5) is 0 Å². The predicted molar refractivity (Wildman–Crippen MR) is 73.3 cm³/mol. The summed E-state index contributed by atoms with van der Waals surface area (Å²) in [4.78, 5) is 2.34. The third-order valence-electron chi connectivity index (χ3n) is 3.37. The predicted octanol–water partition coefficient (Wildman–Crippen LogP) is 1.75. The van der Waals surface area contributed by atoms with Crippen LogP contribution in [0, 0.1) is 12.3 Å². The summed E-state index contributed by atoms with van der Waals surface area (Å²) in [6, 6.07) is 6.43. The van der Waals surface area contributed by atoms with E-state index < -0.39 is 0 Å². The fraction of sp³-hybridized carbons (Fsp3) is 0.500. The molecule has 1 saturated carbocycles. The Morgan fingerprint density at radius 1 is 1.50 bits per heavy atom. The van der Waals surface area contributed by atoms with E-state index in [0.717, 1.165) is 29.5 Å². The zero-order valence-electron chi connectivity index (χ0n) is 11.1. The van der Waals surface area contributed by atoms with Gasteiger partial charge in [0.15, 0.2) is 0 Å². The van der Waals surface area contributed by atoms with Crippen molar-refractivity contribution in [3.63, 3.8) is 0 Å². The molecule has 0 unspecified atom stereocenters. The van der Waals surface area contributed by atoms with E-state index in [-0.39, 0.29) is 5.84 Å². The zero-order chi connectivity index (χ0) is 13.1. The highest BCUT2D eigenvalue weighted by molar-refractivity contribution is 5.96. The van der Waals surface area contributed by atoms with Gasteiger partial charge in [-0.05, 0) is 50.6 Å². The van der Waals surface area contributed by atoms with Gasteiger partial charge in [0.2, 0.25) is 0 Å². The first-order valence-corrected chi connectivity index (χ1v) is 6.36. The van der Waals surface area contributed by atoms with Crippen LogP contribution in [0.2, 0.25) is 0 Å². The maximum Gasteiger partial charge on any atom is 0.123 e. The molecule has 1 aliphatic rings. The summed E-state index contributed by atoms with van der Waals surface area (Å²) in [5, 5.41) is 7.43. The van der Waals surface area contributed by atoms with Crippen LogP contribution in [0.15, 0.2) is 18.2 Å². The molecule has 0 bridgehead atoms. The summed E-state index contributed by atoms with van der Waals surface area (Å²) in [7, 11) is 2.14. The van der Waals surface area contributed by atoms with Crippen molar-refractivity contribution in [3.8, 4) is 5.75 Å². The number of benzene rings is 1. The number of amidine groups is 1. The number of hydrogen-bond donors (Lipinski definition) is 2. The number of aryl methyl sites for hydroxylation is 1. The van der Waals surface area contributed by atoms with E-state index in [4.69, 9.17) is 15.9 Å². The Morgan fingerprint density at radius 3 is 2.78 bits per heavy atom. The molecular weight excluding hydrogens is 226 g/mol. The van der Waals surface area contributed by atoms with Crippen LogP contribution in [-0.2, 0) is 0 Å². The molecular formula is C14H21N3O. The number of nitrogens with two attached hydrogens (primary N) is 1. The van der Waals surface area contributed by atoms with Gasteiger partial charge in [-0.15, -0.1) is 0 Å². The van der Waals surface area contributed by atoms with Gasteiger partial charge in [0.05, 0.1) is 0 Å². The van der Waals surface area contributed by atoms with Crippen molar-refractivity contribution < 1.29 is 4.74 Å². The molecule has 0 atom stereocenters. The minimum Gasteiger partial charge on any atom is -0.492 e. The van der Waals surface area contributed by atoms with Gasteiger partial charge in [0.1, 0.15) is 18.2 Å². The van der Waals surface area contributed by atoms with Crippen molar-refractivity contribution >= 4 is 5.84 Å². The smallest absolute Gasteiger partial charge is 0.123 e. The van der Waals surface area contributed by atoms with Gasteiger partial charge in [0, 0.05) is 18.2 Å². The molecule has 2 rings (SSSR count). The van der Waals surface area contributed by atoms with Crippen LogP contribution in [0.1, 0.15) is 24.0 Å². The molecule has 4 heteroatoms. The number of rotatable bonds is 6. The van der Waals surface area contributed by atoms with Crippen LogP contribution < -0.4 is 10.5 Å². The lowest BCUT2D eigenvalue weighted by atomic mass is 10.1. The van der Waals surface area contributed by atoms with Gasteiger partial charge < -0.3 is 15.4 Å². The second kappa shape index (κ2) is 5.40. The molecule has 98 valence electrons. The van der Waals surface area contributed by atoms with Crippen molar-refractivity contribution in [1.29, 1.82) is 5.41 Å². The number of likely N-dealkylation sites (N-methyl/N-ethyl adjacent to an activating group) is 1. The van der Waals surface area contributed by atoms with E-state index in [0.29, 0.717) is 6.61 Å². The molecule has 1 fully saturated rings. The molecule has 0 aliphatic heterocycles. The minimum absolute atomic E-state index is 0.104. The van der Waals surface area contributed by atoms with Gasteiger partial charge in [0.25, 0.3) is 0 Å². The molecule has 0 heterocycles. The summed E-state index contributed by atoms with van der Waals surface area (Å²) < 4.78 is 5.72. The van der Waals surface area contributed by atoms with Crippen molar-refractivity contribution in [3.05, 3.63) is 29.3 Å². The van der Waals surface area contributed by atoms with Crippen LogP contribution in [0.25, 0.3) is 0 Å². The maximum atomic E-state index is 7.43. The summed E-state index contributed by atoms with van der Waals surface area (Å²) in [5.74, 6) is 0.953. The van der Waals surface area contributed by atoms with Gasteiger partial charge in [-0.1, -0.05) is 0 Å². The molecule has 1 aromatic rings. The standard InChI is InChI=1S/C14H21N3O/c1-10-9-12(5-6-13(10)14(15)16)18-8-7-17(2)11-3-4-11/h5-6,9,11H,3-4,7-8H2,1-2H3,(H3,15,16). The normalized spacial score (nSPS) is 14.8. The number of nitrogens with zero attached hydrogens (tertiary/aromatic N) is 1. The number of nitrogen functional groups attached to an aromatic ring is 1. The van der Waals surface area contributed by atoms with Crippen LogP contribution >= 0.6 is 0 Å². The van der Waals surface area contributed by atoms with Crippen LogP contribution in [0.3, 0.4) is 0 Å². The molecule has 3 N–H and O–H groups in total. The maximum absolute atomic E-state index is 7.43. The van der Waals surface area contributed by atoms with E-state index >= 15 is 0 Å². The first-order chi connectivity index (χ1) is 8.58. The molecule has 0 amide bonds. The van der Waals surface area contributed by atoms with Crippen molar-refractivity contribution in [2.75, 3.05) is 20.2 Å². The van der Waals surface area contributed by atoms with Gasteiger partial charge in [-0.25, -0.2) is 0 Å². The largest absolute Gasteiger partial charge is 0.492 e. The highest BCUT2D eigenvalue weighted by Gasteiger charge is 2.25. The van der Waals surface area contributed by atoms with Crippen molar-refractivity contribution in [2.45, 2.75) is 25.8 Å². The Balaban J connectivity index is 1.85. The van der Waals surface area contributed by atoms with E-state index in [1.54, 1.807) is 0 Å². The highest BCUT2D eigenvalue weighted by Crippen LogP contribution is 2.25. The molecule has 4 nitrogen and oxygen atoms in total. The third-order valence-corrected chi connectivity index (χ3v) is 3.37. The summed E-state index contributed by atoms with van der Waals surface area (Å²) in [6.07, 6.45) is 2.64. The number of hydrogen-bond acceptors (Lipinski definition) is 3. The number of ether oxygens (including phenoxy) is 1. The van der Waals surface area contributed by atoms with Crippen LogP contribution in [0.5, 0.6) is 5.75 Å². The van der Waals surface area contributed by atoms with E-state index in [2.05, 4.69) is 11.9 Å². The first kappa shape index (κ1) is 12.9. The summed E-state index contributed by atoms with van der Waals surface area (Å²) in [6.45, 7) is 3.60. The second-order valence-corrected chi connectivity index (χ2v) is 4.95. The van der Waals surface area contributed by atoms with Gasteiger partial charge in [-0.3, -0.25) is 5.41 Å². The lowest BCUT2D eigenvalue weighted by Gasteiger charge is -2.16. The zero-order valence-corrected chi connectivity index (χ0v) is 11.1. The average Bonchev–Trinajstić information content (AvgIpc) is 3.12. The molecule has 0 aromatic heterocycles. The lowest BCUT2D eigenvalue weighted by molar-refractivity contribution is 0.232. The molecule has 1 aliphatic carbocycles. The summed E-state index contributed by atoms with van der Waals surface area (Å²) in [5.41, 5.74) is 7.24.